The second-order valence-corrected chi connectivity index (χ2v) is 15.9. The zero-order chi connectivity index (χ0) is 32.8. The van der Waals surface area contributed by atoms with Gasteiger partial charge in [-0.2, -0.15) is 0 Å². The van der Waals surface area contributed by atoms with E-state index in [1.807, 2.05) is 37.7 Å². The Bertz CT molecular complexity index is 992. The Morgan fingerprint density at radius 3 is 1.96 bits per heavy atom. The smallest absolute Gasteiger partial charge is 0.404 e. The molecule has 260 valence electrons. The first-order valence-corrected chi connectivity index (χ1v) is 20.2. The summed E-state index contributed by atoms with van der Waals surface area (Å²) in [5, 5.41) is 0. The summed E-state index contributed by atoms with van der Waals surface area (Å²) in [5.41, 5.74) is 0.863. The lowest BCUT2D eigenvalue weighted by molar-refractivity contribution is -0.858. The largest absolute Gasteiger partial charge is 0.527 e. The number of ether oxygens (including phenoxy) is 2. The maximum atomic E-state index is 12.9. The Morgan fingerprint density at radius 1 is 0.867 bits per heavy atom. The molecular formula is C36H65NO6PS+. The van der Waals surface area contributed by atoms with Gasteiger partial charge in [0, 0.05) is 17.1 Å². The fraction of sp³-hybridized carbons (Fsp3) is 0.778. The molecule has 9 heteroatoms. The molecule has 0 radical (unpaired) electrons. The number of phosphoric ester groups is 1. The number of hydrogen-bond acceptors (Lipinski definition) is 6. The molecule has 0 saturated heterocycles. The number of thioether (sulfide) groups is 1. The Labute approximate surface area is 280 Å². The molecule has 1 heterocycles. The van der Waals surface area contributed by atoms with Crippen molar-refractivity contribution in [1.29, 1.82) is 0 Å². The summed E-state index contributed by atoms with van der Waals surface area (Å²) in [6, 6.07) is 7.37. The minimum absolute atomic E-state index is 0.0585. The molecular weight excluding hydrogens is 605 g/mol. The van der Waals surface area contributed by atoms with Crippen LogP contribution in [0.1, 0.15) is 136 Å². The van der Waals surface area contributed by atoms with E-state index in [0.717, 1.165) is 24.3 Å². The molecule has 3 unspecified atom stereocenters. The highest BCUT2D eigenvalue weighted by Crippen LogP contribution is 2.46. The van der Waals surface area contributed by atoms with Gasteiger partial charge in [0.2, 0.25) is 0 Å². The van der Waals surface area contributed by atoms with E-state index in [0.29, 0.717) is 30.0 Å². The van der Waals surface area contributed by atoms with E-state index in [9.17, 15) is 9.46 Å². The predicted molar refractivity (Wildman–Crippen MR) is 189 cm³/mol. The van der Waals surface area contributed by atoms with Crippen molar-refractivity contribution in [3.8, 4) is 5.75 Å². The number of para-hydroxylation sites is 1. The highest BCUT2D eigenvalue weighted by atomic mass is 32.2. The van der Waals surface area contributed by atoms with Crippen molar-refractivity contribution >= 4 is 19.6 Å². The van der Waals surface area contributed by atoms with Crippen LogP contribution in [-0.2, 0) is 25.1 Å². The van der Waals surface area contributed by atoms with Gasteiger partial charge in [0.15, 0.2) is 0 Å². The van der Waals surface area contributed by atoms with Crippen molar-refractivity contribution in [3.63, 3.8) is 0 Å². The van der Waals surface area contributed by atoms with Crippen LogP contribution in [0, 0.1) is 0 Å². The van der Waals surface area contributed by atoms with Gasteiger partial charge in [-0.1, -0.05) is 127 Å². The molecule has 1 aliphatic heterocycles. The van der Waals surface area contributed by atoms with Crippen molar-refractivity contribution < 1.29 is 32.5 Å². The van der Waals surface area contributed by atoms with Crippen molar-refractivity contribution in [1.82, 2.24) is 0 Å². The maximum absolute atomic E-state index is 12.9. The number of benzene rings is 1. The Morgan fingerprint density at radius 2 is 1.42 bits per heavy atom. The summed E-state index contributed by atoms with van der Waals surface area (Å²) in [6.07, 6.45) is 23.1. The maximum Gasteiger partial charge on any atom is 0.527 e. The monoisotopic (exact) mass is 670 g/mol. The molecule has 45 heavy (non-hydrogen) atoms. The summed E-state index contributed by atoms with van der Waals surface area (Å²) < 4.78 is 36.4. The Balaban J connectivity index is 1.58. The third-order valence-corrected chi connectivity index (χ3v) is 10.3. The molecule has 0 bridgehead atoms. The summed E-state index contributed by atoms with van der Waals surface area (Å²) in [5.74, 6) is 1.29. The van der Waals surface area contributed by atoms with Gasteiger partial charge in [-0.15, -0.1) is 0 Å². The molecule has 3 atom stereocenters. The SMILES string of the molecule is CCCCCCCCCCCCCCCCCCOCC(COP(=O)(O)Oc1ccccc1C[N+]1(C)C=C(C)SC1)OC(C)C. The molecule has 1 aliphatic rings. The quantitative estimate of drug-likeness (QED) is 0.0540. The van der Waals surface area contributed by atoms with Crippen LogP contribution in [0.3, 0.4) is 0 Å². The topological polar surface area (TPSA) is 74.2 Å². The van der Waals surface area contributed by atoms with E-state index < -0.39 is 13.9 Å². The van der Waals surface area contributed by atoms with Gasteiger partial charge < -0.3 is 14.0 Å². The van der Waals surface area contributed by atoms with Crippen molar-refractivity contribution in [2.75, 3.05) is 32.7 Å². The van der Waals surface area contributed by atoms with Crippen LogP contribution in [0.5, 0.6) is 5.75 Å². The Hall–Kier alpha value is -0.860. The standard InChI is InChI=1S/C36H64NO6PS/c1-6-7-8-9-10-11-12-13-14-15-16-17-18-19-20-23-26-40-29-35(42-32(2)3)30-41-44(38,39)43-36-25-22-21-24-34(36)28-37(5)27-33(4)45-31-37/h21-22,24-25,27,32,35H,6-20,23,26,28-31H2,1-5H3/p+1. The zero-order valence-electron chi connectivity index (χ0n) is 29.2. The number of allylic oxidation sites excluding steroid dienone is 1. The number of nitrogens with zero attached hydrogens (tertiary/aromatic N) is 1. The van der Waals surface area contributed by atoms with Gasteiger partial charge in [-0.3, -0.25) is 13.9 Å². The minimum Gasteiger partial charge on any atom is -0.404 e. The van der Waals surface area contributed by atoms with E-state index in [2.05, 4.69) is 27.1 Å². The number of phosphoric acid groups is 1. The van der Waals surface area contributed by atoms with E-state index in [4.69, 9.17) is 18.5 Å². The van der Waals surface area contributed by atoms with Crippen molar-refractivity contribution in [3.05, 3.63) is 40.9 Å². The van der Waals surface area contributed by atoms with Gasteiger partial charge >= 0.3 is 7.82 Å². The van der Waals surface area contributed by atoms with Gasteiger partial charge in [0.25, 0.3) is 0 Å². The molecule has 1 aromatic carbocycles. The molecule has 1 N–H and O–H groups in total. The van der Waals surface area contributed by atoms with Crippen LogP contribution >= 0.6 is 19.6 Å². The summed E-state index contributed by atoms with van der Waals surface area (Å²) >= 11 is 1.82. The van der Waals surface area contributed by atoms with Crippen LogP contribution in [0.4, 0.5) is 0 Å². The number of unbranched alkanes of at least 4 members (excludes halogenated alkanes) is 15. The third-order valence-electron chi connectivity index (χ3n) is 8.13. The third kappa shape index (κ3) is 19.5. The van der Waals surface area contributed by atoms with E-state index in [-0.39, 0.29) is 12.7 Å². The van der Waals surface area contributed by atoms with Crippen LogP contribution in [0.25, 0.3) is 0 Å². The average molecular weight is 671 g/mol. The minimum atomic E-state index is -4.36. The number of rotatable bonds is 28. The second-order valence-electron chi connectivity index (χ2n) is 13.3. The highest BCUT2D eigenvalue weighted by Gasteiger charge is 2.31. The molecule has 7 nitrogen and oxygen atoms in total. The van der Waals surface area contributed by atoms with Gasteiger partial charge in [-0.25, -0.2) is 4.57 Å². The molecule has 0 aliphatic carbocycles. The van der Waals surface area contributed by atoms with Gasteiger partial charge in [-0.05, 0) is 39.3 Å². The lowest BCUT2D eigenvalue weighted by atomic mass is 10.0. The van der Waals surface area contributed by atoms with Crippen molar-refractivity contribution in [2.45, 2.75) is 149 Å². The molecule has 0 amide bonds. The zero-order valence-corrected chi connectivity index (χ0v) is 30.9. The summed E-state index contributed by atoms with van der Waals surface area (Å²) in [4.78, 5) is 11.8. The average Bonchev–Trinajstić information content (AvgIpc) is 3.33. The lowest BCUT2D eigenvalue weighted by Gasteiger charge is -2.27. The first-order chi connectivity index (χ1) is 21.6. The highest BCUT2D eigenvalue weighted by molar-refractivity contribution is 8.03. The molecule has 0 saturated carbocycles. The molecule has 2 rings (SSSR count). The van der Waals surface area contributed by atoms with Crippen LogP contribution < -0.4 is 4.52 Å². The van der Waals surface area contributed by atoms with E-state index in [1.165, 1.54) is 94.8 Å². The first-order valence-electron chi connectivity index (χ1n) is 17.8. The fourth-order valence-corrected chi connectivity index (χ4v) is 7.60. The predicted octanol–water partition coefficient (Wildman–Crippen LogP) is 10.8. The Kier molecular flexibility index (Phi) is 21.0. The summed E-state index contributed by atoms with van der Waals surface area (Å²) in [7, 11) is -2.22. The van der Waals surface area contributed by atoms with Crippen LogP contribution in [0.15, 0.2) is 35.4 Å². The van der Waals surface area contributed by atoms with Crippen LogP contribution in [-0.4, -0.2) is 54.3 Å². The lowest BCUT2D eigenvalue weighted by Crippen LogP contribution is -2.34. The molecule has 1 aromatic rings. The number of hydrogen-bond donors (Lipinski definition) is 1. The molecule has 0 spiro atoms. The first kappa shape index (κ1) is 40.3. The van der Waals surface area contributed by atoms with Gasteiger partial charge in [0.05, 0.1) is 26.4 Å². The van der Waals surface area contributed by atoms with Crippen molar-refractivity contribution in [2.24, 2.45) is 0 Å². The molecule has 0 aromatic heterocycles. The van der Waals surface area contributed by atoms with Crippen LogP contribution in [0.2, 0.25) is 0 Å². The second kappa shape index (κ2) is 23.5. The summed E-state index contributed by atoms with van der Waals surface area (Å²) in [6.45, 7) is 9.79. The number of quaternary nitrogens is 1. The van der Waals surface area contributed by atoms with E-state index >= 15 is 0 Å². The van der Waals surface area contributed by atoms with E-state index in [1.54, 1.807) is 12.1 Å². The normalized spacial score (nSPS) is 18.7. The van der Waals surface area contributed by atoms with Gasteiger partial charge in [0.1, 0.15) is 30.5 Å². The fourth-order valence-electron chi connectivity index (χ4n) is 5.77. The molecule has 0 fully saturated rings.